The summed E-state index contributed by atoms with van der Waals surface area (Å²) in [5.41, 5.74) is 2.57. The van der Waals surface area contributed by atoms with Crippen molar-refractivity contribution in [2.45, 2.75) is 26.3 Å². The highest BCUT2D eigenvalue weighted by Crippen LogP contribution is 2.36. The molecule has 0 saturated carbocycles. The second-order valence-electron chi connectivity index (χ2n) is 8.08. The van der Waals surface area contributed by atoms with E-state index in [1.54, 1.807) is 12.1 Å². The number of piperidine rings is 1. The van der Waals surface area contributed by atoms with Crippen LogP contribution in [0.2, 0.25) is 5.02 Å². The number of nitrogens with one attached hydrogen (secondary N) is 1. The molecule has 4 rings (SSSR count). The summed E-state index contributed by atoms with van der Waals surface area (Å²) in [6, 6.07) is 11.2. The number of halogens is 1. The van der Waals surface area contributed by atoms with E-state index in [0.717, 1.165) is 30.5 Å². The van der Waals surface area contributed by atoms with Gasteiger partial charge in [-0.3, -0.25) is 9.69 Å². The van der Waals surface area contributed by atoms with Crippen LogP contribution in [0.5, 0.6) is 11.5 Å². The van der Waals surface area contributed by atoms with Gasteiger partial charge in [0.25, 0.3) is 0 Å². The first-order valence-corrected chi connectivity index (χ1v) is 11.2. The van der Waals surface area contributed by atoms with Gasteiger partial charge >= 0.3 is 0 Å². The van der Waals surface area contributed by atoms with Gasteiger partial charge in [0, 0.05) is 24.2 Å². The predicted molar refractivity (Wildman–Crippen MR) is 126 cm³/mol. The van der Waals surface area contributed by atoms with Gasteiger partial charge in [0.15, 0.2) is 0 Å². The number of carbonyl (C=O) groups excluding carboxylic acids is 1. The lowest BCUT2D eigenvalue weighted by atomic mass is 9.97. The van der Waals surface area contributed by atoms with Crippen molar-refractivity contribution in [3.05, 3.63) is 52.9 Å². The van der Waals surface area contributed by atoms with Crippen molar-refractivity contribution in [3.8, 4) is 22.9 Å². The van der Waals surface area contributed by atoms with Crippen LogP contribution in [0.4, 0.5) is 5.69 Å². The summed E-state index contributed by atoms with van der Waals surface area (Å²) in [5, 5.41) is 7.52. The molecule has 1 amide bonds. The van der Waals surface area contributed by atoms with Crippen LogP contribution >= 0.6 is 11.6 Å². The molecule has 9 heteroatoms. The second-order valence-corrected chi connectivity index (χ2v) is 8.48. The number of amides is 1. The van der Waals surface area contributed by atoms with Crippen molar-refractivity contribution >= 4 is 23.2 Å². The molecule has 1 aromatic heterocycles. The van der Waals surface area contributed by atoms with E-state index in [-0.39, 0.29) is 11.8 Å². The summed E-state index contributed by atoms with van der Waals surface area (Å²) in [6.07, 6.45) is 1.70. The van der Waals surface area contributed by atoms with Crippen LogP contribution in [0, 0.1) is 12.8 Å². The largest absolute Gasteiger partial charge is 0.495 e. The predicted octanol–water partition coefficient (Wildman–Crippen LogP) is 4.57. The number of anilines is 1. The highest BCUT2D eigenvalue weighted by atomic mass is 35.5. The van der Waals surface area contributed by atoms with E-state index < -0.39 is 0 Å². The molecule has 0 radical (unpaired) electrons. The first-order valence-electron chi connectivity index (χ1n) is 10.8. The van der Waals surface area contributed by atoms with Crippen LogP contribution in [-0.2, 0) is 11.3 Å². The Balaban J connectivity index is 1.41. The minimum Gasteiger partial charge on any atom is -0.495 e. The first-order chi connectivity index (χ1) is 16.0. The molecule has 1 unspecified atom stereocenters. The second kappa shape index (κ2) is 10.2. The third kappa shape index (κ3) is 5.29. The van der Waals surface area contributed by atoms with Gasteiger partial charge in [-0.2, -0.15) is 4.98 Å². The number of rotatable bonds is 7. The minimum atomic E-state index is -0.177. The van der Waals surface area contributed by atoms with E-state index in [4.69, 9.17) is 25.6 Å². The Hall–Kier alpha value is -3.10. The number of aryl methyl sites for hydroxylation is 1. The molecular formula is C24H27ClN4O4. The van der Waals surface area contributed by atoms with E-state index in [0.29, 0.717) is 47.0 Å². The highest BCUT2D eigenvalue weighted by molar-refractivity contribution is 6.32. The summed E-state index contributed by atoms with van der Waals surface area (Å²) in [5.74, 6) is 1.82. The molecule has 1 N–H and O–H groups in total. The molecule has 1 saturated heterocycles. The average Bonchev–Trinajstić information content (AvgIpc) is 3.28. The van der Waals surface area contributed by atoms with Gasteiger partial charge in [0.05, 0.1) is 37.4 Å². The molecule has 0 aliphatic carbocycles. The third-order valence-electron chi connectivity index (χ3n) is 5.82. The van der Waals surface area contributed by atoms with Crippen molar-refractivity contribution in [2.75, 3.05) is 32.6 Å². The maximum absolute atomic E-state index is 13.0. The zero-order valence-corrected chi connectivity index (χ0v) is 19.7. The maximum Gasteiger partial charge on any atom is 0.241 e. The fraction of sp³-hybridized carbons (Fsp3) is 0.375. The van der Waals surface area contributed by atoms with Crippen molar-refractivity contribution in [1.29, 1.82) is 0 Å². The number of aromatic nitrogens is 2. The lowest BCUT2D eigenvalue weighted by Gasteiger charge is -2.31. The lowest BCUT2D eigenvalue weighted by molar-refractivity contribution is -0.121. The zero-order valence-electron chi connectivity index (χ0n) is 18.9. The number of carbonyl (C=O) groups is 1. The molecule has 1 atom stereocenters. The van der Waals surface area contributed by atoms with Crippen LogP contribution in [0.25, 0.3) is 11.4 Å². The van der Waals surface area contributed by atoms with Crippen molar-refractivity contribution in [3.63, 3.8) is 0 Å². The van der Waals surface area contributed by atoms with Gasteiger partial charge in [-0.25, -0.2) is 0 Å². The molecule has 1 fully saturated rings. The van der Waals surface area contributed by atoms with Gasteiger partial charge in [0.2, 0.25) is 17.6 Å². The number of methoxy groups -OCH3 is 2. The van der Waals surface area contributed by atoms with E-state index in [9.17, 15) is 4.79 Å². The van der Waals surface area contributed by atoms with Crippen LogP contribution in [-0.4, -0.2) is 48.3 Å². The van der Waals surface area contributed by atoms with Gasteiger partial charge in [-0.15, -0.1) is 0 Å². The number of nitrogens with zero attached hydrogens (tertiary/aromatic N) is 3. The summed E-state index contributed by atoms with van der Waals surface area (Å²) in [4.78, 5) is 19.8. The van der Waals surface area contributed by atoms with E-state index in [1.807, 2.05) is 31.2 Å². The molecule has 33 heavy (non-hydrogen) atoms. The average molecular weight is 471 g/mol. The number of hydrogen-bond acceptors (Lipinski definition) is 7. The maximum atomic E-state index is 13.0. The molecule has 174 valence electrons. The molecule has 8 nitrogen and oxygen atoms in total. The molecule has 3 aromatic rings. The zero-order chi connectivity index (χ0) is 23.4. The SMILES string of the molecule is COc1cc(NC(=O)C2CCCN(Cc3nc(-c4ccccc4C)no3)C2)c(OC)cc1Cl. The topological polar surface area (TPSA) is 89.7 Å². The number of ether oxygens (including phenoxy) is 2. The van der Waals surface area contributed by atoms with Gasteiger partial charge in [0.1, 0.15) is 11.5 Å². The summed E-state index contributed by atoms with van der Waals surface area (Å²) in [6.45, 7) is 3.98. The van der Waals surface area contributed by atoms with Gasteiger partial charge in [-0.05, 0) is 31.9 Å². The van der Waals surface area contributed by atoms with Crippen molar-refractivity contribution in [2.24, 2.45) is 5.92 Å². The number of benzene rings is 2. The molecule has 2 heterocycles. The molecule has 0 spiro atoms. The normalized spacial score (nSPS) is 16.4. The molecule has 1 aliphatic rings. The monoisotopic (exact) mass is 470 g/mol. The van der Waals surface area contributed by atoms with E-state index in [1.165, 1.54) is 14.2 Å². The van der Waals surface area contributed by atoms with Crippen molar-refractivity contribution < 1.29 is 18.8 Å². The molecule has 0 bridgehead atoms. The van der Waals surface area contributed by atoms with E-state index >= 15 is 0 Å². The minimum absolute atomic E-state index is 0.0755. The lowest BCUT2D eigenvalue weighted by Crippen LogP contribution is -2.40. The number of likely N-dealkylation sites (tertiary alicyclic amines) is 1. The fourth-order valence-corrected chi connectivity index (χ4v) is 4.28. The Morgan fingerprint density at radius 2 is 2.03 bits per heavy atom. The fourth-order valence-electron chi connectivity index (χ4n) is 4.05. The smallest absolute Gasteiger partial charge is 0.241 e. The Morgan fingerprint density at radius 3 is 2.79 bits per heavy atom. The van der Waals surface area contributed by atoms with Crippen LogP contribution in [0.3, 0.4) is 0 Å². The van der Waals surface area contributed by atoms with Crippen LogP contribution < -0.4 is 14.8 Å². The van der Waals surface area contributed by atoms with E-state index in [2.05, 4.69) is 20.4 Å². The van der Waals surface area contributed by atoms with Crippen LogP contribution in [0.1, 0.15) is 24.3 Å². The highest BCUT2D eigenvalue weighted by Gasteiger charge is 2.28. The Labute approximate surface area is 197 Å². The van der Waals surface area contributed by atoms with Gasteiger partial charge in [-0.1, -0.05) is 41.0 Å². The Kier molecular flexibility index (Phi) is 7.15. The molecule has 2 aromatic carbocycles. The standard InChI is InChI=1S/C24H27ClN4O4/c1-15-7-4-5-9-17(15)23-27-22(33-28-23)14-29-10-6-8-16(13-29)24(30)26-19-12-20(31-2)18(25)11-21(19)32-3/h4-5,7,9,11-12,16H,6,8,10,13-14H2,1-3H3,(H,26,30). The quantitative estimate of drug-likeness (QED) is 0.541. The summed E-state index contributed by atoms with van der Waals surface area (Å²) < 4.78 is 16.1. The molecular weight excluding hydrogens is 444 g/mol. The summed E-state index contributed by atoms with van der Waals surface area (Å²) in [7, 11) is 3.06. The Morgan fingerprint density at radius 1 is 1.24 bits per heavy atom. The number of hydrogen-bond donors (Lipinski definition) is 1. The van der Waals surface area contributed by atoms with Crippen molar-refractivity contribution in [1.82, 2.24) is 15.0 Å². The van der Waals surface area contributed by atoms with Gasteiger partial charge < -0.3 is 19.3 Å². The molecule has 1 aliphatic heterocycles. The first kappa shape index (κ1) is 23.1. The summed E-state index contributed by atoms with van der Waals surface area (Å²) >= 11 is 6.17. The third-order valence-corrected chi connectivity index (χ3v) is 6.12. The Bertz CT molecular complexity index is 1130. The van der Waals surface area contributed by atoms with Crippen LogP contribution in [0.15, 0.2) is 40.9 Å².